The average molecular weight is 517 g/mol. The number of pyridine rings is 1. The molecule has 1 spiro atoms. The average Bonchev–Trinajstić information content (AvgIpc) is 3.44. The van der Waals surface area contributed by atoms with E-state index in [-0.39, 0.29) is 17.5 Å². The molecule has 1 aliphatic carbocycles. The zero-order valence-electron chi connectivity index (χ0n) is 18.6. The SMILES string of the molecule is CC1CC12C(=O)N(c1ccc(S(=O)(=O)C(F)(F)F)cc1)C(=O)N2c1ccnc(Oc2ccccc2)c1. The lowest BCUT2D eigenvalue weighted by atomic mass is 10.1. The number of hydrogen-bond acceptors (Lipinski definition) is 6. The number of hydrogen-bond donors (Lipinski definition) is 0. The second kappa shape index (κ2) is 8.05. The van der Waals surface area contributed by atoms with Gasteiger partial charge < -0.3 is 4.74 Å². The molecule has 1 saturated heterocycles. The number of sulfone groups is 1. The summed E-state index contributed by atoms with van der Waals surface area (Å²) < 4.78 is 67.7. The third-order valence-electron chi connectivity index (χ3n) is 6.28. The molecule has 1 aliphatic heterocycles. The van der Waals surface area contributed by atoms with Crippen LogP contribution >= 0.6 is 0 Å². The highest BCUT2D eigenvalue weighted by Crippen LogP contribution is 2.55. The second-order valence-corrected chi connectivity index (χ2v) is 10.4. The number of anilines is 2. The van der Waals surface area contributed by atoms with Crippen molar-refractivity contribution in [2.45, 2.75) is 29.3 Å². The number of halogens is 3. The summed E-state index contributed by atoms with van der Waals surface area (Å²) in [4.78, 5) is 32.3. The maximum absolute atomic E-state index is 13.5. The normalized spacial score (nSPS) is 21.8. The number of alkyl halides is 3. The number of carbonyl (C=O) groups is 2. The van der Waals surface area contributed by atoms with Crippen LogP contribution in [-0.4, -0.2) is 36.4 Å². The Morgan fingerprint density at radius 2 is 1.64 bits per heavy atom. The van der Waals surface area contributed by atoms with Gasteiger partial charge in [0.1, 0.15) is 11.3 Å². The Balaban J connectivity index is 1.49. The minimum absolute atomic E-state index is 0.0399. The number of imide groups is 1. The van der Waals surface area contributed by atoms with Gasteiger partial charge in [0.25, 0.3) is 15.7 Å². The molecular formula is C24H18F3N3O5S. The highest BCUT2D eigenvalue weighted by atomic mass is 32.2. The van der Waals surface area contributed by atoms with Crippen LogP contribution in [0.1, 0.15) is 13.3 Å². The number of benzene rings is 2. The molecule has 1 saturated carbocycles. The van der Waals surface area contributed by atoms with E-state index in [1.807, 2.05) is 13.0 Å². The van der Waals surface area contributed by atoms with Crippen LogP contribution in [0.4, 0.5) is 29.3 Å². The summed E-state index contributed by atoms with van der Waals surface area (Å²) in [7, 11) is -5.57. The van der Waals surface area contributed by atoms with Gasteiger partial charge in [-0.15, -0.1) is 0 Å². The molecule has 186 valence electrons. The molecule has 2 atom stereocenters. The largest absolute Gasteiger partial charge is 0.501 e. The summed E-state index contributed by atoms with van der Waals surface area (Å²) in [5, 5.41) is 0. The number of aromatic nitrogens is 1. The van der Waals surface area contributed by atoms with E-state index >= 15 is 0 Å². The third-order valence-corrected chi connectivity index (χ3v) is 7.78. The van der Waals surface area contributed by atoms with Crippen LogP contribution in [0, 0.1) is 5.92 Å². The standard InChI is InChI=1S/C24H18F3N3O5S/c1-15-14-23(15)21(31)29(16-7-9-19(10-8-16)36(33,34)24(25,26)27)22(32)30(23)17-11-12-28-20(13-17)35-18-5-3-2-4-6-18/h2-13,15H,14H2,1H3. The summed E-state index contributed by atoms with van der Waals surface area (Å²) in [6, 6.07) is 14.7. The fraction of sp³-hybridized carbons (Fsp3) is 0.208. The van der Waals surface area contributed by atoms with E-state index in [0.717, 1.165) is 29.2 Å². The van der Waals surface area contributed by atoms with Gasteiger partial charge in [0, 0.05) is 12.3 Å². The minimum Gasteiger partial charge on any atom is -0.439 e. The summed E-state index contributed by atoms with van der Waals surface area (Å²) >= 11 is 0. The molecule has 2 unspecified atom stereocenters. The molecule has 1 aromatic heterocycles. The van der Waals surface area contributed by atoms with Crippen molar-refractivity contribution < 1.29 is 35.9 Å². The van der Waals surface area contributed by atoms with Crippen molar-refractivity contribution in [1.82, 2.24) is 4.98 Å². The van der Waals surface area contributed by atoms with Gasteiger partial charge >= 0.3 is 11.5 Å². The van der Waals surface area contributed by atoms with Crippen LogP contribution in [0.5, 0.6) is 11.6 Å². The van der Waals surface area contributed by atoms with E-state index in [1.165, 1.54) is 17.2 Å². The number of ether oxygens (including phenoxy) is 1. The van der Waals surface area contributed by atoms with E-state index in [0.29, 0.717) is 17.9 Å². The monoisotopic (exact) mass is 517 g/mol. The van der Waals surface area contributed by atoms with Crippen molar-refractivity contribution in [3.63, 3.8) is 0 Å². The van der Waals surface area contributed by atoms with Gasteiger partial charge in [-0.25, -0.2) is 23.1 Å². The van der Waals surface area contributed by atoms with Crippen LogP contribution in [0.3, 0.4) is 0 Å². The summed E-state index contributed by atoms with van der Waals surface area (Å²) in [6.07, 6.45) is 1.82. The highest BCUT2D eigenvalue weighted by molar-refractivity contribution is 7.92. The van der Waals surface area contributed by atoms with Gasteiger partial charge in [-0.2, -0.15) is 13.2 Å². The molecule has 36 heavy (non-hydrogen) atoms. The first-order valence-corrected chi connectivity index (χ1v) is 12.2. The van der Waals surface area contributed by atoms with E-state index in [9.17, 15) is 31.2 Å². The maximum atomic E-state index is 13.5. The van der Waals surface area contributed by atoms with Crippen molar-refractivity contribution in [3.8, 4) is 11.6 Å². The Kier molecular flexibility index (Phi) is 5.32. The Hall–Kier alpha value is -3.93. The van der Waals surface area contributed by atoms with Crippen LogP contribution in [0.15, 0.2) is 77.8 Å². The predicted molar refractivity (Wildman–Crippen MR) is 122 cm³/mol. The Labute approximate surface area is 203 Å². The summed E-state index contributed by atoms with van der Waals surface area (Å²) in [5.41, 5.74) is -6.32. The number of nitrogens with zero attached hydrogens (tertiary/aromatic N) is 3. The molecule has 0 bridgehead atoms. The molecule has 3 amide bonds. The molecule has 8 nitrogen and oxygen atoms in total. The number of carbonyl (C=O) groups excluding carboxylic acids is 2. The van der Waals surface area contributed by atoms with Gasteiger partial charge in [-0.05, 0) is 54.8 Å². The van der Waals surface area contributed by atoms with Crippen LogP contribution in [0.2, 0.25) is 0 Å². The highest BCUT2D eigenvalue weighted by Gasteiger charge is 2.70. The second-order valence-electron chi connectivity index (χ2n) is 8.50. The Bertz CT molecular complexity index is 1460. The molecule has 2 aromatic carbocycles. The van der Waals surface area contributed by atoms with E-state index in [1.54, 1.807) is 30.3 Å². The van der Waals surface area contributed by atoms with Crippen LogP contribution < -0.4 is 14.5 Å². The fourth-order valence-corrected chi connectivity index (χ4v) is 5.11. The molecule has 12 heteroatoms. The third kappa shape index (κ3) is 3.60. The lowest BCUT2D eigenvalue weighted by Crippen LogP contribution is -2.38. The summed E-state index contributed by atoms with van der Waals surface area (Å²) in [6.45, 7) is 1.81. The first-order valence-electron chi connectivity index (χ1n) is 10.8. The number of para-hydroxylation sites is 1. The molecule has 2 heterocycles. The van der Waals surface area contributed by atoms with Gasteiger partial charge in [-0.1, -0.05) is 25.1 Å². The fourth-order valence-electron chi connectivity index (χ4n) is 4.34. The Morgan fingerprint density at radius 3 is 2.22 bits per heavy atom. The molecular weight excluding hydrogens is 499 g/mol. The number of urea groups is 1. The zero-order valence-corrected chi connectivity index (χ0v) is 19.5. The van der Waals surface area contributed by atoms with Crippen molar-refractivity contribution in [2.24, 2.45) is 5.92 Å². The van der Waals surface area contributed by atoms with Crippen LogP contribution in [-0.2, 0) is 14.6 Å². The summed E-state index contributed by atoms with van der Waals surface area (Å²) in [5.74, 6) is -0.0113. The van der Waals surface area contributed by atoms with E-state index in [2.05, 4.69) is 4.98 Å². The quantitative estimate of drug-likeness (QED) is 0.446. The molecule has 3 aromatic rings. The number of amides is 3. The van der Waals surface area contributed by atoms with Gasteiger partial charge in [0.05, 0.1) is 16.3 Å². The van der Waals surface area contributed by atoms with E-state index in [4.69, 9.17) is 4.74 Å². The van der Waals surface area contributed by atoms with Crippen LogP contribution in [0.25, 0.3) is 0 Å². The zero-order chi connectivity index (χ0) is 25.9. The molecule has 2 fully saturated rings. The smallest absolute Gasteiger partial charge is 0.439 e. The van der Waals surface area contributed by atoms with Gasteiger partial charge in [0.15, 0.2) is 0 Å². The lowest BCUT2D eigenvalue weighted by molar-refractivity contribution is -0.119. The van der Waals surface area contributed by atoms with Crippen molar-refractivity contribution in [3.05, 3.63) is 72.9 Å². The van der Waals surface area contributed by atoms with Crippen molar-refractivity contribution >= 4 is 33.2 Å². The van der Waals surface area contributed by atoms with Crippen molar-refractivity contribution in [1.29, 1.82) is 0 Å². The topological polar surface area (TPSA) is 96.9 Å². The first-order chi connectivity index (χ1) is 17.0. The Morgan fingerprint density at radius 1 is 1.00 bits per heavy atom. The molecule has 0 N–H and O–H groups in total. The first kappa shape index (κ1) is 23.8. The van der Waals surface area contributed by atoms with Crippen molar-refractivity contribution in [2.75, 3.05) is 9.80 Å². The van der Waals surface area contributed by atoms with E-state index < -0.39 is 37.7 Å². The van der Waals surface area contributed by atoms with Gasteiger partial charge in [-0.3, -0.25) is 9.69 Å². The van der Waals surface area contributed by atoms with Gasteiger partial charge in [0.2, 0.25) is 5.88 Å². The predicted octanol–water partition coefficient (Wildman–Crippen LogP) is 4.92. The molecule has 0 radical (unpaired) electrons. The molecule has 5 rings (SSSR count). The molecule has 2 aliphatic rings. The minimum atomic E-state index is -5.57. The number of rotatable bonds is 5. The lowest BCUT2D eigenvalue weighted by Gasteiger charge is -2.22. The maximum Gasteiger partial charge on any atom is 0.501 e.